The number of hydrogen-bond acceptors (Lipinski definition) is 2. The second-order valence-electron chi connectivity index (χ2n) is 4.92. The molecule has 1 heterocycles. The van der Waals surface area contributed by atoms with Crippen LogP contribution in [0.2, 0.25) is 0 Å². The number of nitrogens with zero attached hydrogens (tertiary/aromatic N) is 1. The number of urea groups is 1. The number of anilines is 1. The van der Waals surface area contributed by atoms with E-state index in [2.05, 4.69) is 17.2 Å². The van der Waals surface area contributed by atoms with Gasteiger partial charge in [0.25, 0.3) is 0 Å². The number of hydrogen-bond donors (Lipinski definition) is 2. The third kappa shape index (κ3) is 4.29. The van der Waals surface area contributed by atoms with E-state index in [9.17, 15) is 4.79 Å². The van der Waals surface area contributed by atoms with Crippen molar-refractivity contribution in [2.24, 2.45) is 5.73 Å². The molecule has 1 fully saturated rings. The maximum absolute atomic E-state index is 12.2. The molecule has 0 saturated carbocycles. The standard InChI is InChI=1S/C16H21N3O/c17-10-6-8-14-7-5-9-15(13-14)18-16(20)19-11-3-1-2-4-12-19/h5,7,9,13H,1-4,10-12,17H2,(H,18,20). The zero-order valence-electron chi connectivity index (χ0n) is 11.7. The summed E-state index contributed by atoms with van der Waals surface area (Å²) in [6, 6.07) is 7.53. The molecule has 1 aliphatic heterocycles. The lowest BCUT2D eigenvalue weighted by Gasteiger charge is -2.20. The molecule has 0 aromatic heterocycles. The monoisotopic (exact) mass is 271 g/mol. The molecule has 4 nitrogen and oxygen atoms in total. The van der Waals surface area contributed by atoms with Crippen LogP contribution in [0, 0.1) is 11.8 Å². The molecule has 1 aromatic rings. The van der Waals surface area contributed by atoms with Crippen LogP contribution in [0.3, 0.4) is 0 Å². The Morgan fingerprint density at radius 2 is 2.00 bits per heavy atom. The van der Waals surface area contributed by atoms with Crippen LogP contribution in [0.25, 0.3) is 0 Å². The van der Waals surface area contributed by atoms with E-state index < -0.39 is 0 Å². The van der Waals surface area contributed by atoms with E-state index in [4.69, 9.17) is 5.73 Å². The Kier molecular flexibility index (Phi) is 5.45. The van der Waals surface area contributed by atoms with Crippen LogP contribution in [-0.2, 0) is 0 Å². The summed E-state index contributed by atoms with van der Waals surface area (Å²) in [7, 11) is 0. The fourth-order valence-corrected chi connectivity index (χ4v) is 2.30. The summed E-state index contributed by atoms with van der Waals surface area (Å²) < 4.78 is 0. The van der Waals surface area contributed by atoms with Gasteiger partial charge in [-0.15, -0.1) is 0 Å². The molecule has 2 amide bonds. The first-order chi connectivity index (χ1) is 9.79. The molecule has 1 aromatic carbocycles. The van der Waals surface area contributed by atoms with E-state index in [1.165, 1.54) is 12.8 Å². The summed E-state index contributed by atoms with van der Waals surface area (Å²) in [4.78, 5) is 14.1. The molecule has 2 rings (SSSR count). The number of rotatable bonds is 1. The van der Waals surface area contributed by atoms with Crippen molar-refractivity contribution in [3.63, 3.8) is 0 Å². The molecule has 20 heavy (non-hydrogen) atoms. The topological polar surface area (TPSA) is 58.4 Å². The minimum absolute atomic E-state index is 0.0177. The van der Waals surface area contributed by atoms with Crippen LogP contribution < -0.4 is 11.1 Å². The largest absolute Gasteiger partial charge is 0.325 e. The Morgan fingerprint density at radius 3 is 2.70 bits per heavy atom. The van der Waals surface area contributed by atoms with Crippen LogP contribution in [0.1, 0.15) is 31.2 Å². The highest BCUT2D eigenvalue weighted by Crippen LogP contribution is 2.14. The third-order valence-electron chi connectivity index (χ3n) is 3.34. The smallest absolute Gasteiger partial charge is 0.321 e. The fraction of sp³-hybridized carbons (Fsp3) is 0.438. The summed E-state index contributed by atoms with van der Waals surface area (Å²) in [5, 5.41) is 2.94. The van der Waals surface area contributed by atoms with Crippen LogP contribution in [0.15, 0.2) is 24.3 Å². The van der Waals surface area contributed by atoms with Gasteiger partial charge in [-0.1, -0.05) is 30.7 Å². The first-order valence-electron chi connectivity index (χ1n) is 7.14. The van der Waals surface area contributed by atoms with Gasteiger partial charge in [-0.25, -0.2) is 4.79 Å². The molecule has 106 valence electrons. The molecular formula is C16H21N3O. The van der Waals surface area contributed by atoms with Crippen molar-refractivity contribution < 1.29 is 4.79 Å². The lowest BCUT2D eigenvalue weighted by atomic mass is 10.2. The van der Waals surface area contributed by atoms with Crippen molar-refractivity contribution in [2.75, 3.05) is 25.0 Å². The van der Waals surface area contributed by atoms with E-state index in [0.717, 1.165) is 37.2 Å². The van der Waals surface area contributed by atoms with E-state index in [0.29, 0.717) is 6.54 Å². The minimum Gasteiger partial charge on any atom is -0.325 e. The minimum atomic E-state index is -0.0177. The lowest BCUT2D eigenvalue weighted by Crippen LogP contribution is -2.35. The zero-order valence-corrected chi connectivity index (χ0v) is 11.7. The fourth-order valence-electron chi connectivity index (χ4n) is 2.30. The summed E-state index contributed by atoms with van der Waals surface area (Å²) in [6.45, 7) is 2.03. The molecule has 0 aliphatic carbocycles. The second kappa shape index (κ2) is 7.56. The molecule has 4 heteroatoms. The number of benzene rings is 1. The molecule has 1 saturated heterocycles. The average molecular weight is 271 g/mol. The first-order valence-corrected chi connectivity index (χ1v) is 7.14. The summed E-state index contributed by atoms with van der Waals surface area (Å²) in [5.74, 6) is 5.78. The zero-order chi connectivity index (χ0) is 14.2. The van der Waals surface area contributed by atoms with Gasteiger partial charge in [0.2, 0.25) is 0 Å². The van der Waals surface area contributed by atoms with Gasteiger partial charge < -0.3 is 16.0 Å². The highest BCUT2D eigenvalue weighted by atomic mass is 16.2. The van der Waals surface area contributed by atoms with E-state index in [1.807, 2.05) is 29.2 Å². The predicted molar refractivity (Wildman–Crippen MR) is 81.4 cm³/mol. The SMILES string of the molecule is NCC#Cc1cccc(NC(=O)N2CCCCCC2)c1. The van der Waals surface area contributed by atoms with Gasteiger partial charge in [-0.2, -0.15) is 0 Å². The van der Waals surface area contributed by atoms with E-state index in [1.54, 1.807) is 0 Å². The van der Waals surface area contributed by atoms with Crippen LogP contribution in [0.5, 0.6) is 0 Å². The van der Waals surface area contributed by atoms with Crippen molar-refractivity contribution in [3.05, 3.63) is 29.8 Å². The first kappa shape index (κ1) is 14.4. The summed E-state index contributed by atoms with van der Waals surface area (Å²) in [6.07, 6.45) is 4.62. The van der Waals surface area contributed by atoms with Crippen LogP contribution in [-0.4, -0.2) is 30.6 Å². The van der Waals surface area contributed by atoms with E-state index >= 15 is 0 Å². The maximum atomic E-state index is 12.2. The van der Waals surface area contributed by atoms with Gasteiger partial charge in [0.1, 0.15) is 0 Å². The molecule has 0 atom stereocenters. The quantitative estimate of drug-likeness (QED) is 0.771. The van der Waals surface area contributed by atoms with Gasteiger partial charge in [-0.05, 0) is 31.0 Å². The van der Waals surface area contributed by atoms with Crippen molar-refractivity contribution in [2.45, 2.75) is 25.7 Å². The predicted octanol–water partition coefficient (Wildman–Crippen LogP) is 2.40. The van der Waals surface area contributed by atoms with Gasteiger partial charge in [0.15, 0.2) is 0 Å². The molecule has 0 radical (unpaired) electrons. The molecule has 1 aliphatic rings. The summed E-state index contributed by atoms with van der Waals surface area (Å²) >= 11 is 0. The maximum Gasteiger partial charge on any atom is 0.321 e. The Bertz CT molecular complexity index is 508. The molecule has 0 unspecified atom stereocenters. The van der Waals surface area contributed by atoms with Gasteiger partial charge in [0.05, 0.1) is 6.54 Å². The van der Waals surface area contributed by atoms with Gasteiger partial charge in [-0.3, -0.25) is 0 Å². The Labute approximate surface area is 120 Å². The Balaban J connectivity index is 1.99. The number of nitrogens with one attached hydrogen (secondary N) is 1. The van der Waals surface area contributed by atoms with Crippen molar-refractivity contribution in [1.82, 2.24) is 4.90 Å². The lowest BCUT2D eigenvalue weighted by molar-refractivity contribution is 0.214. The Morgan fingerprint density at radius 1 is 1.25 bits per heavy atom. The van der Waals surface area contributed by atoms with Crippen molar-refractivity contribution in [3.8, 4) is 11.8 Å². The number of carbonyl (C=O) groups excluding carboxylic acids is 1. The van der Waals surface area contributed by atoms with E-state index in [-0.39, 0.29) is 6.03 Å². The second-order valence-corrected chi connectivity index (χ2v) is 4.92. The molecule has 3 N–H and O–H groups in total. The highest BCUT2D eigenvalue weighted by molar-refractivity contribution is 5.89. The average Bonchev–Trinajstić information content (AvgIpc) is 2.74. The number of carbonyl (C=O) groups is 1. The molecule has 0 spiro atoms. The Hall–Kier alpha value is -1.99. The number of nitrogens with two attached hydrogens (primary N) is 1. The van der Waals surface area contributed by atoms with Gasteiger partial charge >= 0.3 is 6.03 Å². The molecular weight excluding hydrogens is 250 g/mol. The van der Waals surface area contributed by atoms with Crippen molar-refractivity contribution in [1.29, 1.82) is 0 Å². The van der Waals surface area contributed by atoms with Crippen LogP contribution in [0.4, 0.5) is 10.5 Å². The number of likely N-dealkylation sites (tertiary alicyclic amines) is 1. The highest BCUT2D eigenvalue weighted by Gasteiger charge is 2.15. The van der Waals surface area contributed by atoms with Crippen LogP contribution >= 0.6 is 0 Å². The van der Waals surface area contributed by atoms with Gasteiger partial charge in [0, 0.05) is 24.3 Å². The third-order valence-corrected chi connectivity index (χ3v) is 3.34. The number of amides is 2. The summed E-state index contributed by atoms with van der Waals surface area (Å²) in [5.41, 5.74) is 7.00. The molecule has 0 bridgehead atoms. The van der Waals surface area contributed by atoms with Crippen molar-refractivity contribution >= 4 is 11.7 Å². The normalized spacial score (nSPS) is 14.9.